The molecule has 0 unspecified atom stereocenters. The molecule has 11 heteroatoms. The fourth-order valence-electron chi connectivity index (χ4n) is 3.45. The first-order valence-electron chi connectivity index (χ1n) is 10.8. The van der Waals surface area contributed by atoms with E-state index in [0.29, 0.717) is 6.54 Å². The third-order valence-corrected chi connectivity index (χ3v) is 6.04. The topological polar surface area (TPSA) is 130 Å². The van der Waals surface area contributed by atoms with Crippen molar-refractivity contribution in [2.45, 2.75) is 51.1 Å². The van der Waals surface area contributed by atoms with Gasteiger partial charge in [0.2, 0.25) is 0 Å². The fraction of sp³-hybridized carbons (Fsp3) is 0.375. The Balaban J connectivity index is 1.82. The van der Waals surface area contributed by atoms with E-state index in [4.69, 9.17) is 18.9 Å². The quantitative estimate of drug-likeness (QED) is 0.424. The lowest BCUT2D eigenvalue weighted by Gasteiger charge is -2.40. The zero-order valence-corrected chi connectivity index (χ0v) is 20.3. The molecule has 1 aliphatic rings. The van der Waals surface area contributed by atoms with Gasteiger partial charge in [0.25, 0.3) is 5.91 Å². The molecule has 1 fully saturated rings. The number of hydrogen-bond acceptors (Lipinski definition) is 10. The van der Waals surface area contributed by atoms with Crippen LogP contribution in [-0.2, 0) is 35.1 Å². The number of nitrogens with one attached hydrogen (secondary N) is 1. The van der Waals surface area contributed by atoms with Gasteiger partial charge in [0.05, 0.1) is 0 Å². The maximum Gasteiger partial charge on any atom is 0.303 e. The van der Waals surface area contributed by atoms with Crippen molar-refractivity contribution in [1.29, 1.82) is 0 Å². The molecular formula is C24H26N2O8S. The van der Waals surface area contributed by atoms with Gasteiger partial charge in [-0.25, -0.2) is 4.98 Å². The van der Waals surface area contributed by atoms with Crippen LogP contribution < -0.4 is 10.1 Å². The molecule has 0 radical (unpaired) electrons. The minimum Gasteiger partial charge on any atom is -0.473 e. The van der Waals surface area contributed by atoms with Gasteiger partial charge in [-0.05, 0) is 17.7 Å². The first-order chi connectivity index (χ1) is 16.7. The van der Waals surface area contributed by atoms with Gasteiger partial charge in [0, 0.05) is 39.3 Å². The average molecular weight is 503 g/mol. The van der Waals surface area contributed by atoms with Crippen LogP contribution in [0.2, 0.25) is 0 Å². The third kappa shape index (κ3) is 7.44. The third-order valence-electron chi connectivity index (χ3n) is 4.83. The van der Waals surface area contributed by atoms with Gasteiger partial charge in [0.15, 0.2) is 35.2 Å². The second-order valence-corrected chi connectivity index (χ2v) is 8.77. The summed E-state index contributed by atoms with van der Waals surface area (Å²) in [6, 6.07) is 12.5. The van der Waals surface area contributed by atoms with Crippen molar-refractivity contribution in [2.75, 3.05) is 5.75 Å². The van der Waals surface area contributed by atoms with Crippen LogP contribution in [0.4, 0.5) is 0 Å². The van der Waals surface area contributed by atoms with Crippen molar-refractivity contribution in [1.82, 2.24) is 10.3 Å². The molecule has 0 aliphatic carbocycles. The molecule has 1 aromatic heterocycles. The zero-order valence-electron chi connectivity index (χ0n) is 19.5. The molecule has 0 bridgehead atoms. The Morgan fingerprint density at radius 1 is 0.914 bits per heavy atom. The highest BCUT2D eigenvalue weighted by Crippen LogP contribution is 2.34. The number of hydrogen-bond donors (Lipinski definition) is 1. The highest BCUT2D eigenvalue weighted by molar-refractivity contribution is 7.99. The van der Waals surface area contributed by atoms with Gasteiger partial charge in [-0.15, -0.1) is 11.8 Å². The number of ether oxygens (including phenoxy) is 4. The molecule has 10 nitrogen and oxygen atoms in total. The van der Waals surface area contributed by atoms with E-state index in [1.807, 2.05) is 30.3 Å². The predicted octanol–water partition coefficient (Wildman–Crippen LogP) is 2.26. The van der Waals surface area contributed by atoms with E-state index in [1.165, 1.54) is 38.7 Å². The first-order valence-corrected chi connectivity index (χ1v) is 11.9. The summed E-state index contributed by atoms with van der Waals surface area (Å²) < 4.78 is 22.2. The largest absolute Gasteiger partial charge is 0.473 e. The van der Waals surface area contributed by atoms with Crippen molar-refractivity contribution in [3.63, 3.8) is 0 Å². The van der Waals surface area contributed by atoms with E-state index in [1.54, 1.807) is 12.1 Å². The molecule has 1 saturated heterocycles. The summed E-state index contributed by atoms with van der Waals surface area (Å²) in [7, 11) is 0. The summed E-state index contributed by atoms with van der Waals surface area (Å²) in [6.07, 6.45) is -1.60. The molecule has 0 spiro atoms. The molecule has 186 valence electrons. The number of carbonyl (C=O) groups is 4. The van der Waals surface area contributed by atoms with Crippen LogP contribution in [0.3, 0.4) is 0 Å². The maximum absolute atomic E-state index is 12.9. The Kier molecular flexibility index (Phi) is 9.07. The van der Waals surface area contributed by atoms with Crippen molar-refractivity contribution in [3.8, 4) is 5.75 Å². The summed E-state index contributed by atoms with van der Waals surface area (Å²) in [4.78, 5) is 52.2. The first kappa shape index (κ1) is 26.0. The number of thioether (sulfide) groups is 1. The van der Waals surface area contributed by atoms with E-state index in [2.05, 4.69) is 10.3 Å². The molecule has 2 aromatic rings. The lowest BCUT2D eigenvalue weighted by atomic mass is 10.1. The number of nitrogens with zero attached hydrogens (tertiary/aromatic N) is 1. The standard InChI is InChI=1S/C24H26N2O8S/c1-14(27)31-19-13-35-24(22(33-16(3)29)21(19)32-15(2)28)34-18-10-7-11-25-20(18)23(30)26-12-17-8-5-4-6-9-17/h4-11,19,21-22,24H,12-13H2,1-3H3,(H,26,30)/t19-,21+,22-,24-/m1/s1. The Morgan fingerprint density at radius 2 is 1.57 bits per heavy atom. The molecule has 1 aliphatic heterocycles. The van der Waals surface area contributed by atoms with Gasteiger partial charge in [-0.1, -0.05) is 30.3 Å². The Labute approximate surface area is 206 Å². The van der Waals surface area contributed by atoms with E-state index in [9.17, 15) is 19.2 Å². The zero-order chi connectivity index (χ0) is 25.4. The van der Waals surface area contributed by atoms with E-state index >= 15 is 0 Å². The van der Waals surface area contributed by atoms with E-state index in [0.717, 1.165) is 5.56 Å². The normalized spacial score (nSPS) is 21.3. The van der Waals surface area contributed by atoms with E-state index < -0.39 is 47.6 Å². The number of carbonyl (C=O) groups excluding carboxylic acids is 4. The van der Waals surface area contributed by atoms with Crippen LogP contribution in [0.5, 0.6) is 5.75 Å². The summed E-state index contributed by atoms with van der Waals surface area (Å²) in [5.74, 6) is -1.95. The van der Waals surface area contributed by atoms with Gasteiger partial charge in [-0.3, -0.25) is 19.2 Å². The Bertz CT molecular complexity index is 1060. The van der Waals surface area contributed by atoms with Gasteiger partial charge < -0.3 is 24.3 Å². The summed E-state index contributed by atoms with van der Waals surface area (Å²) in [6.45, 7) is 3.93. The molecular weight excluding hydrogens is 476 g/mol. The molecule has 1 aromatic carbocycles. The van der Waals surface area contributed by atoms with Crippen molar-refractivity contribution in [3.05, 3.63) is 59.9 Å². The number of rotatable bonds is 8. The maximum atomic E-state index is 12.9. The van der Waals surface area contributed by atoms with Crippen LogP contribution in [0, 0.1) is 0 Å². The Hall–Kier alpha value is -3.60. The predicted molar refractivity (Wildman–Crippen MR) is 125 cm³/mol. The number of pyridine rings is 1. The SMILES string of the molecule is CC(=O)O[C@@H]1[C@@H](OC(C)=O)[C@H](OC(C)=O)CS[C@H]1Oc1cccnc1C(=O)NCc1ccccc1. The minimum absolute atomic E-state index is 0.0387. The smallest absolute Gasteiger partial charge is 0.303 e. The summed E-state index contributed by atoms with van der Waals surface area (Å²) in [5.41, 5.74) is 0.0782. The molecule has 4 atom stereocenters. The van der Waals surface area contributed by atoms with Crippen LogP contribution >= 0.6 is 11.8 Å². The van der Waals surface area contributed by atoms with Gasteiger partial charge >= 0.3 is 17.9 Å². The Morgan fingerprint density at radius 3 is 2.23 bits per heavy atom. The lowest BCUT2D eigenvalue weighted by molar-refractivity contribution is -0.186. The van der Waals surface area contributed by atoms with E-state index in [-0.39, 0.29) is 17.2 Å². The summed E-state index contributed by atoms with van der Waals surface area (Å²) >= 11 is 1.19. The minimum atomic E-state index is -1.11. The van der Waals surface area contributed by atoms with Crippen molar-refractivity contribution < 1.29 is 38.1 Å². The molecule has 0 saturated carbocycles. The number of amides is 1. The average Bonchev–Trinajstić information content (AvgIpc) is 2.81. The second-order valence-electron chi connectivity index (χ2n) is 7.63. The molecule has 1 N–H and O–H groups in total. The van der Waals surface area contributed by atoms with Crippen LogP contribution in [0.15, 0.2) is 48.7 Å². The van der Waals surface area contributed by atoms with Crippen LogP contribution in [-0.4, -0.2) is 58.3 Å². The van der Waals surface area contributed by atoms with Gasteiger partial charge in [-0.2, -0.15) is 0 Å². The second kappa shape index (κ2) is 12.2. The highest BCUT2D eigenvalue weighted by Gasteiger charge is 2.48. The molecule has 3 rings (SSSR count). The van der Waals surface area contributed by atoms with Crippen molar-refractivity contribution >= 4 is 35.6 Å². The molecule has 2 heterocycles. The molecule has 1 amide bonds. The monoisotopic (exact) mass is 502 g/mol. The van der Waals surface area contributed by atoms with Crippen LogP contribution in [0.1, 0.15) is 36.8 Å². The number of benzene rings is 1. The van der Waals surface area contributed by atoms with Gasteiger partial charge in [0.1, 0.15) is 0 Å². The summed E-state index contributed by atoms with van der Waals surface area (Å²) in [5, 5.41) is 2.80. The highest BCUT2D eigenvalue weighted by atomic mass is 32.2. The number of esters is 3. The fourth-order valence-corrected chi connectivity index (χ4v) is 4.66. The number of aromatic nitrogens is 1. The lowest BCUT2D eigenvalue weighted by Crippen LogP contribution is -2.55. The molecule has 35 heavy (non-hydrogen) atoms. The van der Waals surface area contributed by atoms with Crippen LogP contribution in [0.25, 0.3) is 0 Å². The van der Waals surface area contributed by atoms with Crippen molar-refractivity contribution in [2.24, 2.45) is 0 Å².